The van der Waals surface area contributed by atoms with E-state index in [9.17, 15) is 0 Å². The van der Waals surface area contributed by atoms with E-state index in [1.165, 1.54) is 24.0 Å². The van der Waals surface area contributed by atoms with Gasteiger partial charge in [-0.25, -0.2) is 4.98 Å². The van der Waals surface area contributed by atoms with Crippen molar-refractivity contribution < 1.29 is 4.42 Å². The molecule has 1 heterocycles. The van der Waals surface area contributed by atoms with Crippen LogP contribution in [0.1, 0.15) is 41.0 Å². The maximum absolute atomic E-state index is 5.86. The molecule has 0 aliphatic heterocycles. The summed E-state index contributed by atoms with van der Waals surface area (Å²) in [6.07, 6.45) is 5.11. The molecule has 0 amide bonds. The molecule has 1 aromatic heterocycles. The third-order valence-corrected chi connectivity index (χ3v) is 4.73. The van der Waals surface area contributed by atoms with E-state index in [-0.39, 0.29) is 0 Å². The third-order valence-electron chi connectivity index (χ3n) is 4.54. The van der Waals surface area contributed by atoms with Crippen LogP contribution in [0.15, 0.2) is 34.9 Å². The number of hydrogen-bond acceptors (Lipinski definition) is 2. The summed E-state index contributed by atoms with van der Waals surface area (Å²) in [6, 6.07) is 8.84. The standard InChI is InChI=1S/C16H16ClNO/c17-8-7-14-18-9-13(19-14)16-12-6-5-10-3-1-2-4-11(10)15(12)16/h1-4,9,12,15-16H,5-8H2. The van der Waals surface area contributed by atoms with Crippen molar-refractivity contribution >= 4 is 11.6 Å². The molecule has 0 N–H and O–H groups in total. The van der Waals surface area contributed by atoms with Gasteiger partial charge in [0, 0.05) is 18.2 Å². The first kappa shape index (κ1) is 11.5. The number of aromatic nitrogens is 1. The minimum atomic E-state index is 0.542. The molecule has 0 radical (unpaired) electrons. The first-order chi connectivity index (χ1) is 9.38. The van der Waals surface area contributed by atoms with Gasteiger partial charge in [0.1, 0.15) is 5.76 Å². The smallest absolute Gasteiger partial charge is 0.195 e. The second-order valence-electron chi connectivity index (χ2n) is 5.55. The van der Waals surface area contributed by atoms with Crippen LogP contribution in [-0.2, 0) is 12.8 Å². The Balaban J connectivity index is 1.62. The van der Waals surface area contributed by atoms with Crippen LogP contribution in [0.2, 0.25) is 0 Å². The first-order valence-electron chi connectivity index (χ1n) is 6.97. The molecule has 3 atom stereocenters. The summed E-state index contributed by atoms with van der Waals surface area (Å²) >= 11 is 5.73. The van der Waals surface area contributed by atoms with Crippen LogP contribution in [-0.4, -0.2) is 10.9 Å². The molecule has 0 saturated heterocycles. The van der Waals surface area contributed by atoms with Gasteiger partial charge in [0.15, 0.2) is 5.89 Å². The molecule has 2 aliphatic rings. The molecule has 3 heteroatoms. The fourth-order valence-corrected chi connectivity index (χ4v) is 3.79. The zero-order valence-electron chi connectivity index (χ0n) is 10.7. The predicted molar refractivity (Wildman–Crippen MR) is 74.7 cm³/mol. The Morgan fingerprint density at radius 2 is 2.16 bits per heavy atom. The number of hydrogen-bond donors (Lipinski definition) is 0. The van der Waals surface area contributed by atoms with Gasteiger partial charge < -0.3 is 4.42 Å². The lowest BCUT2D eigenvalue weighted by atomic mass is 9.92. The zero-order valence-corrected chi connectivity index (χ0v) is 11.4. The van der Waals surface area contributed by atoms with Crippen molar-refractivity contribution in [3.05, 3.63) is 53.2 Å². The highest BCUT2D eigenvalue weighted by Gasteiger charge is 2.55. The van der Waals surface area contributed by atoms with E-state index in [0.29, 0.717) is 17.7 Å². The molecule has 0 bridgehead atoms. The molecule has 19 heavy (non-hydrogen) atoms. The van der Waals surface area contributed by atoms with Crippen molar-refractivity contribution in [1.82, 2.24) is 4.98 Å². The summed E-state index contributed by atoms with van der Waals surface area (Å²) in [5, 5.41) is 0. The molecule has 0 spiro atoms. The van der Waals surface area contributed by atoms with E-state index < -0.39 is 0 Å². The molecule has 1 fully saturated rings. The third kappa shape index (κ3) is 1.81. The summed E-state index contributed by atoms with van der Waals surface area (Å²) < 4.78 is 5.86. The molecule has 98 valence electrons. The number of halogens is 1. The minimum Gasteiger partial charge on any atom is -0.445 e. The van der Waals surface area contributed by atoms with Gasteiger partial charge in [0.2, 0.25) is 0 Å². The van der Waals surface area contributed by atoms with Crippen LogP contribution in [0.25, 0.3) is 0 Å². The Hall–Kier alpha value is -1.28. The van der Waals surface area contributed by atoms with E-state index in [0.717, 1.165) is 24.0 Å². The second kappa shape index (κ2) is 4.38. The molecular formula is C16H16ClNO. The molecule has 3 unspecified atom stereocenters. The van der Waals surface area contributed by atoms with E-state index in [1.807, 2.05) is 6.20 Å². The quantitative estimate of drug-likeness (QED) is 0.793. The number of alkyl halides is 1. The number of aryl methyl sites for hydroxylation is 2. The van der Waals surface area contributed by atoms with Crippen molar-refractivity contribution in [3.8, 4) is 0 Å². The van der Waals surface area contributed by atoms with Crippen LogP contribution in [0.5, 0.6) is 0 Å². The van der Waals surface area contributed by atoms with E-state index >= 15 is 0 Å². The average Bonchev–Trinajstić information content (AvgIpc) is 3.02. The van der Waals surface area contributed by atoms with Gasteiger partial charge >= 0.3 is 0 Å². The SMILES string of the molecule is ClCCc1ncc(C2C3CCc4ccccc4C32)o1. The molecule has 2 nitrogen and oxygen atoms in total. The lowest BCUT2D eigenvalue weighted by molar-refractivity contribution is 0.454. The summed E-state index contributed by atoms with van der Waals surface area (Å²) in [6.45, 7) is 0. The van der Waals surface area contributed by atoms with E-state index in [2.05, 4.69) is 29.2 Å². The van der Waals surface area contributed by atoms with Gasteiger partial charge in [-0.15, -0.1) is 11.6 Å². The van der Waals surface area contributed by atoms with Crippen LogP contribution >= 0.6 is 11.6 Å². The van der Waals surface area contributed by atoms with Crippen molar-refractivity contribution in [3.63, 3.8) is 0 Å². The molecule has 2 aliphatic carbocycles. The van der Waals surface area contributed by atoms with Gasteiger partial charge in [0.25, 0.3) is 0 Å². The Morgan fingerprint density at radius 1 is 1.26 bits per heavy atom. The van der Waals surface area contributed by atoms with Crippen molar-refractivity contribution in [2.45, 2.75) is 31.1 Å². The first-order valence-corrected chi connectivity index (χ1v) is 7.50. The zero-order chi connectivity index (χ0) is 12.8. The van der Waals surface area contributed by atoms with Gasteiger partial charge in [-0.1, -0.05) is 24.3 Å². The monoisotopic (exact) mass is 273 g/mol. The molecule has 1 aromatic carbocycles. The summed E-state index contributed by atoms with van der Waals surface area (Å²) in [7, 11) is 0. The lowest BCUT2D eigenvalue weighted by Crippen LogP contribution is -2.00. The average molecular weight is 274 g/mol. The van der Waals surface area contributed by atoms with E-state index in [1.54, 1.807) is 0 Å². The fraction of sp³-hybridized carbons (Fsp3) is 0.438. The van der Waals surface area contributed by atoms with Gasteiger partial charge in [0.05, 0.1) is 6.20 Å². The number of nitrogens with zero attached hydrogens (tertiary/aromatic N) is 1. The summed E-state index contributed by atoms with van der Waals surface area (Å²) in [5.41, 5.74) is 3.05. The van der Waals surface area contributed by atoms with Crippen molar-refractivity contribution in [1.29, 1.82) is 0 Å². The Morgan fingerprint density at radius 3 is 3.05 bits per heavy atom. The highest BCUT2D eigenvalue weighted by atomic mass is 35.5. The lowest BCUT2D eigenvalue weighted by Gasteiger charge is -2.13. The van der Waals surface area contributed by atoms with Crippen LogP contribution in [0.3, 0.4) is 0 Å². The number of oxazole rings is 1. The van der Waals surface area contributed by atoms with Gasteiger partial charge in [-0.3, -0.25) is 0 Å². The van der Waals surface area contributed by atoms with Crippen molar-refractivity contribution in [2.24, 2.45) is 5.92 Å². The van der Waals surface area contributed by atoms with Crippen LogP contribution in [0.4, 0.5) is 0 Å². The Bertz CT molecular complexity index is 606. The largest absolute Gasteiger partial charge is 0.445 e. The van der Waals surface area contributed by atoms with Crippen molar-refractivity contribution in [2.75, 3.05) is 5.88 Å². The normalized spacial score (nSPS) is 27.7. The van der Waals surface area contributed by atoms with Gasteiger partial charge in [-0.05, 0) is 35.8 Å². The highest BCUT2D eigenvalue weighted by Crippen LogP contribution is 2.65. The predicted octanol–water partition coefficient (Wildman–Crippen LogP) is 3.90. The number of rotatable bonds is 3. The topological polar surface area (TPSA) is 26.0 Å². The second-order valence-corrected chi connectivity index (χ2v) is 5.93. The summed E-state index contributed by atoms with van der Waals surface area (Å²) in [4.78, 5) is 4.33. The highest BCUT2D eigenvalue weighted by molar-refractivity contribution is 6.17. The Kier molecular flexibility index (Phi) is 2.66. The number of benzene rings is 1. The van der Waals surface area contributed by atoms with Crippen LogP contribution < -0.4 is 0 Å². The maximum atomic E-state index is 5.86. The molecule has 2 aromatic rings. The van der Waals surface area contributed by atoms with E-state index in [4.69, 9.17) is 16.0 Å². The van der Waals surface area contributed by atoms with Gasteiger partial charge in [-0.2, -0.15) is 0 Å². The number of fused-ring (bicyclic) bond motifs is 3. The molecule has 1 saturated carbocycles. The minimum absolute atomic E-state index is 0.542. The maximum Gasteiger partial charge on any atom is 0.195 e. The molecular weight excluding hydrogens is 258 g/mol. The molecule has 4 rings (SSSR count). The van der Waals surface area contributed by atoms with Crippen LogP contribution in [0, 0.1) is 5.92 Å². The summed E-state index contributed by atoms with van der Waals surface area (Å²) in [5.74, 6) is 4.36. The Labute approximate surface area is 117 Å². The fourth-order valence-electron chi connectivity index (χ4n) is 3.63.